The zero-order valence-corrected chi connectivity index (χ0v) is 22.0. The van der Waals surface area contributed by atoms with Gasteiger partial charge in [0.05, 0.1) is 22.2 Å². The van der Waals surface area contributed by atoms with Gasteiger partial charge in [0.25, 0.3) is 0 Å². The highest BCUT2D eigenvalue weighted by Crippen LogP contribution is 2.65. The lowest BCUT2D eigenvalue weighted by molar-refractivity contribution is -0.140. The zero-order valence-electron chi connectivity index (χ0n) is 19.7. The Bertz CT molecular complexity index is 1510. The second-order valence-corrected chi connectivity index (χ2v) is 10.9. The first-order chi connectivity index (χ1) is 18.0. The number of benzene rings is 3. The van der Waals surface area contributed by atoms with Gasteiger partial charge in [0.1, 0.15) is 16.0 Å². The molecule has 4 nitrogen and oxygen atoms in total. The average molecular weight is 610 g/mol. The quantitative estimate of drug-likeness (QED) is 0.131. The van der Waals surface area contributed by atoms with Crippen LogP contribution in [0.15, 0.2) is 42.5 Å². The van der Waals surface area contributed by atoms with E-state index < -0.39 is 63.5 Å². The van der Waals surface area contributed by atoms with E-state index in [0.717, 1.165) is 12.1 Å². The molecule has 0 aromatic heterocycles. The molecule has 0 bridgehead atoms. The number of halogens is 9. The molecule has 0 spiro atoms. The molecule has 39 heavy (non-hydrogen) atoms. The Balaban J connectivity index is 1.54. The van der Waals surface area contributed by atoms with Gasteiger partial charge in [-0.25, -0.2) is 13.2 Å². The third kappa shape index (κ3) is 5.55. The highest BCUT2D eigenvalue weighted by atomic mass is 35.5. The highest BCUT2D eigenvalue weighted by Gasteiger charge is 2.67. The van der Waals surface area contributed by atoms with Crippen molar-refractivity contribution in [1.29, 1.82) is 0 Å². The molecule has 2 atom stereocenters. The molecule has 1 amide bonds. The Morgan fingerprint density at radius 1 is 1.03 bits per heavy atom. The lowest BCUT2D eigenvalue weighted by Gasteiger charge is -2.11. The molecule has 0 heterocycles. The van der Waals surface area contributed by atoms with Crippen LogP contribution in [0.4, 0.5) is 37.7 Å². The predicted octanol–water partition coefficient (Wildman–Crippen LogP) is 7.62. The van der Waals surface area contributed by atoms with Gasteiger partial charge in [-0.15, -0.1) is 23.2 Å². The summed E-state index contributed by atoms with van der Waals surface area (Å²) in [7, 11) is 0. The van der Waals surface area contributed by atoms with Crippen molar-refractivity contribution in [3.8, 4) is 0 Å². The number of nitrogens with two attached hydrogens (primary N) is 1. The van der Waals surface area contributed by atoms with Crippen molar-refractivity contribution in [3.05, 3.63) is 92.8 Å². The van der Waals surface area contributed by atoms with E-state index in [-0.39, 0.29) is 38.7 Å². The number of nitrogen functional groups attached to an aromatic ring is 1. The Hall–Kier alpha value is -2.95. The number of carbonyl (C=O) groups is 2. The van der Waals surface area contributed by atoms with Gasteiger partial charge in [0.15, 0.2) is 11.6 Å². The summed E-state index contributed by atoms with van der Waals surface area (Å²) in [5.74, 6) is -7.09. The van der Waals surface area contributed by atoms with Crippen molar-refractivity contribution in [2.75, 3.05) is 11.1 Å². The molecule has 1 aliphatic carbocycles. The fraction of sp³-hybridized carbons (Fsp3) is 0.231. The third-order valence-electron chi connectivity index (χ3n) is 6.40. The fourth-order valence-corrected chi connectivity index (χ4v) is 5.37. The maximum Gasteiger partial charge on any atom is 0.419 e. The minimum absolute atomic E-state index is 0.0236. The number of carbonyl (C=O) groups excluding carboxylic acids is 2. The molecule has 0 radical (unpaired) electrons. The molecule has 13 heteroatoms. The van der Waals surface area contributed by atoms with Crippen molar-refractivity contribution < 1.29 is 35.9 Å². The van der Waals surface area contributed by atoms with Gasteiger partial charge in [-0.05, 0) is 54.4 Å². The van der Waals surface area contributed by atoms with E-state index >= 15 is 0 Å². The van der Waals surface area contributed by atoms with Gasteiger partial charge in [-0.3, -0.25) is 9.59 Å². The molecular weight excluding hydrogens is 593 g/mol. The second-order valence-electron chi connectivity index (χ2n) is 9.03. The van der Waals surface area contributed by atoms with Crippen LogP contribution in [0, 0.1) is 30.3 Å². The molecule has 3 aromatic carbocycles. The monoisotopic (exact) mass is 608 g/mol. The first-order valence-corrected chi connectivity index (χ1v) is 12.3. The number of Topliss-reactive ketones (excluding diaryl/α,β-unsaturated/α-hetero) is 1. The molecule has 1 fully saturated rings. The van der Waals surface area contributed by atoms with E-state index in [0.29, 0.717) is 12.1 Å². The minimum Gasteiger partial charge on any atom is -0.396 e. The molecule has 0 aliphatic heterocycles. The second kappa shape index (κ2) is 10.2. The zero-order chi connectivity index (χ0) is 29.0. The number of nitrogens with one attached hydrogen (secondary N) is 1. The Kier molecular flexibility index (Phi) is 7.61. The third-order valence-corrected chi connectivity index (χ3v) is 7.67. The summed E-state index contributed by atoms with van der Waals surface area (Å²) >= 11 is 18.5. The molecule has 1 aliphatic rings. The van der Waals surface area contributed by atoms with Gasteiger partial charge >= 0.3 is 6.18 Å². The largest absolute Gasteiger partial charge is 0.419 e. The van der Waals surface area contributed by atoms with Crippen LogP contribution in [0.3, 0.4) is 0 Å². The number of hydrogen-bond acceptors (Lipinski definition) is 3. The maximum atomic E-state index is 14.5. The normalized spacial score (nSPS) is 18.1. The van der Waals surface area contributed by atoms with Crippen molar-refractivity contribution in [1.82, 2.24) is 0 Å². The molecule has 0 saturated heterocycles. The SMILES string of the molecule is Cc1c(F)c(N)cc(CC(=O)c2cc(NC(=O)[C@H]3[C@H](c4ccc(F)c(C(F)(F)F)c4)C3(Cl)Cl)ccc2Cl)c1F. The summed E-state index contributed by atoms with van der Waals surface area (Å²) in [6.07, 6.45) is -5.49. The summed E-state index contributed by atoms with van der Waals surface area (Å²) < 4.78 is 79.6. The van der Waals surface area contributed by atoms with Crippen LogP contribution in [0.1, 0.15) is 38.5 Å². The van der Waals surface area contributed by atoms with Crippen LogP contribution in [0.25, 0.3) is 0 Å². The lowest BCUT2D eigenvalue weighted by atomic mass is 9.99. The van der Waals surface area contributed by atoms with Crippen molar-refractivity contribution in [2.24, 2.45) is 5.92 Å². The molecular formula is C26H17Cl3F6N2O2. The van der Waals surface area contributed by atoms with E-state index in [1.807, 2.05) is 0 Å². The van der Waals surface area contributed by atoms with E-state index in [1.165, 1.54) is 25.1 Å². The summed E-state index contributed by atoms with van der Waals surface area (Å²) in [4.78, 5) is 25.8. The molecule has 3 N–H and O–H groups in total. The Labute approximate surface area is 233 Å². The van der Waals surface area contributed by atoms with E-state index in [1.54, 1.807) is 0 Å². The van der Waals surface area contributed by atoms with Gasteiger partial charge in [0.2, 0.25) is 5.91 Å². The van der Waals surface area contributed by atoms with E-state index in [2.05, 4.69) is 5.32 Å². The van der Waals surface area contributed by atoms with E-state index in [9.17, 15) is 35.9 Å². The summed E-state index contributed by atoms with van der Waals surface area (Å²) in [5, 5.41) is 2.46. The maximum absolute atomic E-state index is 14.5. The summed E-state index contributed by atoms with van der Waals surface area (Å²) in [5.41, 5.74) is 3.05. The van der Waals surface area contributed by atoms with Crippen LogP contribution in [-0.4, -0.2) is 16.0 Å². The summed E-state index contributed by atoms with van der Waals surface area (Å²) in [6, 6.07) is 7.08. The number of amides is 1. The Morgan fingerprint density at radius 3 is 2.33 bits per heavy atom. The molecule has 3 aromatic rings. The molecule has 0 unspecified atom stereocenters. The van der Waals surface area contributed by atoms with Gasteiger partial charge in [0, 0.05) is 29.2 Å². The van der Waals surface area contributed by atoms with Crippen LogP contribution in [0.2, 0.25) is 5.02 Å². The number of rotatable bonds is 6. The van der Waals surface area contributed by atoms with E-state index in [4.69, 9.17) is 40.5 Å². The highest BCUT2D eigenvalue weighted by molar-refractivity contribution is 6.53. The number of hydrogen-bond donors (Lipinski definition) is 2. The van der Waals surface area contributed by atoms with Gasteiger partial charge < -0.3 is 11.1 Å². The Morgan fingerprint density at radius 2 is 1.69 bits per heavy atom. The standard InChI is InChI=1S/C26H17Cl3F6N2O2/c1-10-22(31)12(7-18(36)23(10)32)8-19(38)14-9-13(3-4-16(14)27)37-24(39)21-20(25(21,28)29)11-2-5-17(30)15(6-11)26(33,34)35/h2-7,9,20-21H,8,36H2,1H3,(H,37,39)/t20-,21+/m0/s1. The number of anilines is 2. The van der Waals surface area contributed by atoms with Crippen LogP contribution in [0.5, 0.6) is 0 Å². The van der Waals surface area contributed by atoms with Crippen molar-refractivity contribution in [3.63, 3.8) is 0 Å². The fourth-order valence-electron chi connectivity index (χ4n) is 4.32. The predicted molar refractivity (Wildman–Crippen MR) is 136 cm³/mol. The van der Waals surface area contributed by atoms with Crippen LogP contribution < -0.4 is 11.1 Å². The first-order valence-electron chi connectivity index (χ1n) is 11.1. The van der Waals surface area contributed by atoms with Crippen LogP contribution >= 0.6 is 34.8 Å². The van der Waals surface area contributed by atoms with Gasteiger partial charge in [-0.1, -0.05) is 17.7 Å². The van der Waals surface area contributed by atoms with Crippen molar-refractivity contribution >= 4 is 57.9 Å². The smallest absolute Gasteiger partial charge is 0.396 e. The average Bonchev–Trinajstić information content (AvgIpc) is 3.43. The number of ketones is 1. The van der Waals surface area contributed by atoms with Crippen LogP contribution in [-0.2, 0) is 17.4 Å². The van der Waals surface area contributed by atoms with Gasteiger partial charge in [-0.2, -0.15) is 13.2 Å². The number of alkyl halides is 5. The molecule has 4 rings (SSSR count). The minimum atomic E-state index is -4.97. The first kappa shape index (κ1) is 29.0. The molecule has 1 saturated carbocycles. The van der Waals surface area contributed by atoms with Crippen molar-refractivity contribution in [2.45, 2.75) is 29.8 Å². The summed E-state index contributed by atoms with van der Waals surface area (Å²) in [6.45, 7) is 1.17. The lowest BCUT2D eigenvalue weighted by Crippen LogP contribution is -2.17. The molecule has 206 valence electrons. The topological polar surface area (TPSA) is 72.2 Å².